The summed E-state index contributed by atoms with van der Waals surface area (Å²) < 4.78 is 6.49. The quantitative estimate of drug-likeness (QED) is 0.289. The van der Waals surface area contributed by atoms with E-state index in [2.05, 4.69) is 118 Å². The fourth-order valence-corrected chi connectivity index (χ4v) is 3.73. The summed E-state index contributed by atoms with van der Waals surface area (Å²) in [5.41, 5.74) is 6.34. The van der Waals surface area contributed by atoms with Gasteiger partial charge in [0.1, 0.15) is 0 Å². The second kappa shape index (κ2) is 10.4. The SMILES string of the molecule is C=C(/C=C(\C=C/C)C1=CCCC=C1)C1=CC(C(C)(C)C)=CC(BOC(C)(C)C(C)(C)C)C1. The second-order valence-corrected chi connectivity index (χ2v) is 11.8. The Balaban J connectivity index is 2.30. The van der Waals surface area contributed by atoms with Crippen LogP contribution in [0.5, 0.6) is 0 Å². The molecule has 0 saturated heterocycles. The summed E-state index contributed by atoms with van der Waals surface area (Å²) in [6.45, 7) is 24.6. The molecule has 0 radical (unpaired) electrons. The van der Waals surface area contributed by atoms with Crippen molar-refractivity contribution in [2.45, 2.75) is 93.0 Å². The molecule has 2 heteroatoms. The van der Waals surface area contributed by atoms with Gasteiger partial charge in [0.05, 0.1) is 5.60 Å². The number of hydrogen-bond acceptors (Lipinski definition) is 1. The molecule has 0 bridgehead atoms. The molecule has 2 rings (SSSR count). The minimum atomic E-state index is -0.181. The Hall–Kier alpha value is -1.80. The molecule has 0 aromatic rings. The predicted octanol–water partition coefficient (Wildman–Crippen LogP) is 8.61. The summed E-state index contributed by atoms with van der Waals surface area (Å²) in [4.78, 5) is 0. The van der Waals surface area contributed by atoms with Gasteiger partial charge in [-0.3, -0.25) is 0 Å². The third-order valence-corrected chi connectivity index (χ3v) is 6.97. The normalized spacial score (nSPS) is 20.7. The van der Waals surface area contributed by atoms with E-state index in [0.717, 1.165) is 32.3 Å². The van der Waals surface area contributed by atoms with Crippen molar-refractivity contribution in [1.82, 2.24) is 0 Å². The molecule has 174 valence electrons. The highest BCUT2D eigenvalue weighted by atomic mass is 16.5. The molecule has 0 fully saturated rings. The van der Waals surface area contributed by atoms with Gasteiger partial charge in [-0.1, -0.05) is 90.7 Å². The van der Waals surface area contributed by atoms with Crippen molar-refractivity contribution in [2.24, 2.45) is 10.8 Å². The molecule has 2 aliphatic rings. The van der Waals surface area contributed by atoms with Gasteiger partial charge in [-0.05, 0) is 90.6 Å². The van der Waals surface area contributed by atoms with Gasteiger partial charge in [0.2, 0.25) is 0 Å². The molecular weight excluding hydrogens is 387 g/mol. The maximum absolute atomic E-state index is 6.49. The van der Waals surface area contributed by atoms with Crippen LogP contribution in [0.3, 0.4) is 0 Å². The highest BCUT2D eigenvalue weighted by molar-refractivity contribution is 6.31. The van der Waals surface area contributed by atoms with E-state index in [1.807, 2.05) is 0 Å². The Morgan fingerprint density at radius 2 is 1.78 bits per heavy atom. The summed E-state index contributed by atoms with van der Waals surface area (Å²) >= 11 is 0. The van der Waals surface area contributed by atoms with Crippen molar-refractivity contribution in [2.75, 3.05) is 0 Å². The van der Waals surface area contributed by atoms with Crippen LogP contribution in [0, 0.1) is 10.8 Å². The van der Waals surface area contributed by atoms with E-state index in [-0.39, 0.29) is 16.4 Å². The van der Waals surface area contributed by atoms with Crippen molar-refractivity contribution in [3.8, 4) is 0 Å². The van der Waals surface area contributed by atoms with Crippen LogP contribution in [-0.4, -0.2) is 13.1 Å². The molecule has 0 aliphatic heterocycles. The first-order valence-corrected chi connectivity index (χ1v) is 12.2. The van der Waals surface area contributed by atoms with Crippen LogP contribution >= 0.6 is 0 Å². The first kappa shape index (κ1) is 26.5. The number of hydrogen-bond donors (Lipinski definition) is 0. The van der Waals surface area contributed by atoms with Gasteiger partial charge in [0.15, 0.2) is 0 Å². The lowest BCUT2D eigenvalue weighted by atomic mass is 9.66. The van der Waals surface area contributed by atoms with Gasteiger partial charge in [0, 0.05) is 0 Å². The monoisotopic (exact) mass is 432 g/mol. The van der Waals surface area contributed by atoms with Crippen LogP contribution in [0.15, 0.2) is 83.1 Å². The van der Waals surface area contributed by atoms with Gasteiger partial charge in [-0.25, -0.2) is 0 Å². The third-order valence-electron chi connectivity index (χ3n) is 6.97. The van der Waals surface area contributed by atoms with Gasteiger partial charge in [-0.15, -0.1) is 0 Å². The Morgan fingerprint density at radius 3 is 2.31 bits per heavy atom. The highest BCUT2D eigenvalue weighted by Crippen LogP contribution is 2.40. The summed E-state index contributed by atoms with van der Waals surface area (Å²) in [5.74, 6) is 0.356. The van der Waals surface area contributed by atoms with E-state index < -0.39 is 0 Å². The lowest BCUT2D eigenvalue weighted by molar-refractivity contribution is 0.00210. The smallest absolute Gasteiger partial charge is 0.282 e. The standard InChI is InChI=1S/C30H45BO/c1-11-15-24(23-16-13-12-14-17-23)18-22(2)25-19-26(28(3,4)5)21-27(20-25)31-32-30(9,10)29(6,7)8/h11,13,15-19,21,27,31H,2,12,14,20H2,1,3-10H3/b15-11-,24-18+. The summed E-state index contributed by atoms with van der Waals surface area (Å²) in [6, 6.07) is 0. The molecule has 0 N–H and O–H groups in total. The van der Waals surface area contributed by atoms with E-state index in [4.69, 9.17) is 4.65 Å². The topological polar surface area (TPSA) is 9.23 Å². The Kier molecular flexibility index (Phi) is 8.62. The van der Waals surface area contributed by atoms with E-state index in [1.54, 1.807) is 0 Å². The van der Waals surface area contributed by atoms with Crippen LogP contribution in [0.1, 0.15) is 81.6 Å². The summed E-state index contributed by atoms with van der Waals surface area (Å²) in [6.07, 6.45) is 21.4. The maximum atomic E-state index is 6.49. The fraction of sp³-hybridized carbons (Fsp3) is 0.533. The molecule has 1 unspecified atom stereocenters. The van der Waals surface area contributed by atoms with Crippen LogP contribution < -0.4 is 0 Å². The highest BCUT2D eigenvalue weighted by Gasteiger charge is 2.35. The zero-order valence-corrected chi connectivity index (χ0v) is 22.1. The molecule has 0 aromatic heterocycles. The molecule has 1 atom stereocenters. The van der Waals surface area contributed by atoms with Crippen LogP contribution in [-0.2, 0) is 4.65 Å². The van der Waals surface area contributed by atoms with Crippen LogP contribution in [0.4, 0.5) is 0 Å². The molecule has 1 nitrogen and oxygen atoms in total. The van der Waals surface area contributed by atoms with Gasteiger partial charge in [-0.2, -0.15) is 0 Å². The van der Waals surface area contributed by atoms with Crippen molar-refractivity contribution in [3.63, 3.8) is 0 Å². The minimum absolute atomic E-state index is 0.0892. The minimum Gasteiger partial charge on any atom is -0.434 e. The van der Waals surface area contributed by atoms with Crippen molar-refractivity contribution in [3.05, 3.63) is 83.1 Å². The van der Waals surface area contributed by atoms with Gasteiger partial charge >= 0.3 is 0 Å². The molecule has 32 heavy (non-hydrogen) atoms. The number of rotatable bonds is 7. The molecule has 2 aliphatic carbocycles. The maximum Gasteiger partial charge on any atom is 0.282 e. The van der Waals surface area contributed by atoms with Crippen molar-refractivity contribution >= 4 is 7.48 Å². The third kappa shape index (κ3) is 7.10. The average Bonchev–Trinajstić information content (AvgIpc) is 2.71. The molecule has 0 aromatic carbocycles. The average molecular weight is 433 g/mol. The largest absolute Gasteiger partial charge is 0.434 e. The van der Waals surface area contributed by atoms with Gasteiger partial charge in [0.25, 0.3) is 7.48 Å². The Labute approximate surface area is 199 Å². The lowest BCUT2D eigenvalue weighted by Gasteiger charge is -2.40. The zero-order valence-electron chi connectivity index (χ0n) is 22.1. The Bertz CT molecular complexity index is 873. The molecule has 0 spiro atoms. The molecule has 0 heterocycles. The van der Waals surface area contributed by atoms with E-state index in [9.17, 15) is 0 Å². The predicted molar refractivity (Wildman–Crippen MR) is 144 cm³/mol. The zero-order chi connectivity index (χ0) is 24.2. The summed E-state index contributed by atoms with van der Waals surface area (Å²) in [5, 5.41) is 0. The van der Waals surface area contributed by atoms with Crippen LogP contribution in [0.2, 0.25) is 5.82 Å². The van der Waals surface area contributed by atoms with E-state index >= 15 is 0 Å². The lowest BCUT2D eigenvalue weighted by Crippen LogP contribution is -2.41. The number of allylic oxidation sites excluding steroid dienone is 13. The second-order valence-electron chi connectivity index (χ2n) is 11.8. The van der Waals surface area contributed by atoms with Crippen molar-refractivity contribution in [1.29, 1.82) is 0 Å². The summed E-state index contributed by atoms with van der Waals surface area (Å²) in [7, 11) is 0.730. The first-order valence-electron chi connectivity index (χ1n) is 12.2. The molecule has 0 saturated carbocycles. The van der Waals surface area contributed by atoms with E-state index in [1.165, 1.54) is 22.3 Å². The van der Waals surface area contributed by atoms with E-state index in [0.29, 0.717) is 5.82 Å². The fourth-order valence-electron chi connectivity index (χ4n) is 3.73. The Morgan fingerprint density at radius 1 is 1.09 bits per heavy atom. The molecular formula is C30H45BO. The van der Waals surface area contributed by atoms with Crippen molar-refractivity contribution < 1.29 is 4.65 Å². The van der Waals surface area contributed by atoms with Crippen LogP contribution in [0.25, 0.3) is 0 Å². The first-order chi connectivity index (χ1) is 14.7. The van der Waals surface area contributed by atoms with Gasteiger partial charge < -0.3 is 4.65 Å². The molecule has 0 amide bonds.